The van der Waals surface area contributed by atoms with E-state index in [2.05, 4.69) is 5.32 Å². The van der Waals surface area contributed by atoms with E-state index in [9.17, 15) is 4.79 Å². The van der Waals surface area contributed by atoms with Gasteiger partial charge in [0.1, 0.15) is 5.60 Å². The van der Waals surface area contributed by atoms with Gasteiger partial charge in [-0.1, -0.05) is 35.9 Å². The molecule has 0 radical (unpaired) electrons. The number of carbonyl (C=O) groups is 1. The molecule has 0 atom stereocenters. The topological polar surface area (TPSA) is 38.3 Å². The summed E-state index contributed by atoms with van der Waals surface area (Å²) in [5, 5.41) is 3.35. The van der Waals surface area contributed by atoms with Crippen LogP contribution in [0.3, 0.4) is 0 Å². The van der Waals surface area contributed by atoms with Gasteiger partial charge >= 0.3 is 6.09 Å². The van der Waals surface area contributed by atoms with E-state index < -0.39 is 11.7 Å². The van der Waals surface area contributed by atoms with Crippen molar-refractivity contribution in [2.75, 3.05) is 6.54 Å². The van der Waals surface area contributed by atoms with Crippen LogP contribution in [0.5, 0.6) is 0 Å². The first-order valence-electron chi connectivity index (χ1n) is 6.17. The molecule has 1 aromatic rings. The Labute approximate surface area is 119 Å². The molecule has 1 N–H and O–H groups in total. The number of hydrogen-bond acceptors (Lipinski definition) is 2. The first-order chi connectivity index (χ1) is 8.78. The molecule has 3 nitrogen and oxygen atoms in total. The van der Waals surface area contributed by atoms with Crippen molar-refractivity contribution >= 4 is 23.8 Å². The number of ether oxygens (including phenoxy) is 1. The molecular weight excluding hydrogens is 262 g/mol. The van der Waals surface area contributed by atoms with Crippen LogP contribution in [-0.4, -0.2) is 18.2 Å². The minimum absolute atomic E-state index is 0.402. The Kier molecular flexibility index (Phi) is 5.43. The number of carbonyl (C=O) groups excluding carboxylic acids is 1. The zero-order valence-corrected chi connectivity index (χ0v) is 12.5. The number of amides is 1. The summed E-state index contributed by atoms with van der Waals surface area (Å²) in [6.07, 6.45) is 3.28. The van der Waals surface area contributed by atoms with E-state index in [4.69, 9.17) is 16.3 Å². The van der Waals surface area contributed by atoms with Crippen molar-refractivity contribution in [2.45, 2.75) is 33.3 Å². The normalized spacial score (nSPS) is 11.6. The molecule has 0 aliphatic rings. The highest BCUT2D eigenvalue weighted by atomic mass is 35.5. The molecule has 1 amide bonds. The van der Waals surface area contributed by atoms with Gasteiger partial charge < -0.3 is 10.1 Å². The summed E-state index contributed by atoms with van der Waals surface area (Å²) in [6.45, 7) is 7.88. The average molecular weight is 282 g/mol. The van der Waals surface area contributed by atoms with Gasteiger partial charge in [0, 0.05) is 11.6 Å². The van der Waals surface area contributed by atoms with Gasteiger partial charge in [0.2, 0.25) is 0 Å². The van der Waals surface area contributed by atoms with Gasteiger partial charge in [0.15, 0.2) is 0 Å². The third kappa shape index (κ3) is 6.30. The highest BCUT2D eigenvalue weighted by molar-refractivity contribution is 6.32. The van der Waals surface area contributed by atoms with Crippen molar-refractivity contribution in [1.82, 2.24) is 5.32 Å². The van der Waals surface area contributed by atoms with E-state index in [1.54, 1.807) is 0 Å². The van der Waals surface area contributed by atoms with E-state index in [1.807, 2.05) is 58.0 Å². The van der Waals surface area contributed by atoms with Crippen LogP contribution in [0.15, 0.2) is 24.3 Å². The molecule has 1 rings (SSSR count). The molecule has 0 bridgehead atoms. The van der Waals surface area contributed by atoms with E-state index in [0.717, 1.165) is 11.1 Å². The highest BCUT2D eigenvalue weighted by Gasteiger charge is 2.14. The summed E-state index contributed by atoms with van der Waals surface area (Å²) in [7, 11) is 0. The Hall–Kier alpha value is -1.48. The van der Waals surface area contributed by atoms with Crippen LogP contribution in [0.1, 0.15) is 31.9 Å². The number of alkyl carbamates (subject to hydrolysis) is 1. The van der Waals surface area contributed by atoms with Gasteiger partial charge in [-0.25, -0.2) is 4.79 Å². The zero-order valence-electron chi connectivity index (χ0n) is 11.8. The molecule has 104 valence electrons. The molecule has 0 unspecified atom stereocenters. The SMILES string of the molecule is Cc1ccc(C=CCNC(=O)OC(C)(C)C)c(Cl)c1. The van der Waals surface area contributed by atoms with Crippen molar-refractivity contribution in [2.24, 2.45) is 0 Å². The number of benzene rings is 1. The minimum atomic E-state index is -0.478. The lowest BCUT2D eigenvalue weighted by Crippen LogP contribution is -2.32. The number of rotatable bonds is 3. The fourth-order valence-electron chi connectivity index (χ4n) is 1.41. The van der Waals surface area contributed by atoms with Crippen molar-refractivity contribution in [3.05, 3.63) is 40.4 Å². The number of nitrogens with one attached hydrogen (secondary N) is 1. The van der Waals surface area contributed by atoms with Crippen molar-refractivity contribution in [3.63, 3.8) is 0 Å². The van der Waals surface area contributed by atoms with Crippen LogP contribution in [0.4, 0.5) is 4.79 Å². The molecule has 1 aromatic carbocycles. The maximum absolute atomic E-state index is 11.4. The fraction of sp³-hybridized carbons (Fsp3) is 0.400. The number of aryl methyl sites for hydroxylation is 1. The average Bonchev–Trinajstić information content (AvgIpc) is 2.24. The second-order valence-electron chi connectivity index (χ2n) is 5.31. The van der Waals surface area contributed by atoms with Crippen molar-refractivity contribution in [3.8, 4) is 0 Å². The Morgan fingerprint density at radius 2 is 2.11 bits per heavy atom. The largest absolute Gasteiger partial charge is 0.444 e. The zero-order chi connectivity index (χ0) is 14.5. The van der Waals surface area contributed by atoms with Gasteiger partial charge in [-0.2, -0.15) is 0 Å². The number of hydrogen-bond donors (Lipinski definition) is 1. The number of halogens is 1. The lowest BCUT2D eigenvalue weighted by atomic mass is 10.1. The van der Waals surface area contributed by atoms with Gasteiger partial charge in [0.05, 0.1) is 0 Å². The van der Waals surface area contributed by atoms with Gasteiger partial charge in [0.25, 0.3) is 0 Å². The molecule has 0 fully saturated rings. The third-order valence-corrected chi connectivity index (χ3v) is 2.54. The Balaban J connectivity index is 2.44. The first kappa shape index (κ1) is 15.6. The maximum atomic E-state index is 11.4. The molecule has 4 heteroatoms. The fourth-order valence-corrected chi connectivity index (χ4v) is 1.71. The molecule has 0 aliphatic heterocycles. The predicted octanol–water partition coefficient (Wildman–Crippen LogP) is 4.19. The summed E-state index contributed by atoms with van der Waals surface area (Å²) in [5.41, 5.74) is 1.57. The molecule has 0 aliphatic carbocycles. The van der Waals surface area contributed by atoms with E-state index in [-0.39, 0.29) is 0 Å². The van der Waals surface area contributed by atoms with E-state index >= 15 is 0 Å². The summed E-state index contributed by atoms with van der Waals surface area (Å²) < 4.78 is 5.12. The summed E-state index contributed by atoms with van der Waals surface area (Å²) >= 11 is 6.09. The highest BCUT2D eigenvalue weighted by Crippen LogP contribution is 2.18. The van der Waals surface area contributed by atoms with Crippen molar-refractivity contribution in [1.29, 1.82) is 0 Å². The van der Waals surface area contributed by atoms with Crippen LogP contribution in [0.25, 0.3) is 6.08 Å². The van der Waals surface area contributed by atoms with E-state index in [1.165, 1.54) is 0 Å². The van der Waals surface area contributed by atoms with Gasteiger partial charge in [-0.05, 0) is 44.9 Å². The molecule has 0 spiro atoms. The van der Waals surface area contributed by atoms with Gasteiger partial charge in [-0.15, -0.1) is 0 Å². The summed E-state index contributed by atoms with van der Waals surface area (Å²) in [6, 6.07) is 5.84. The third-order valence-electron chi connectivity index (χ3n) is 2.22. The van der Waals surface area contributed by atoms with Crippen LogP contribution < -0.4 is 5.32 Å². The smallest absolute Gasteiger partial charge is 0.407 e. The maximum Gasteiger partial charge on any atom is 0.407 e. The lowest BCUT2D eigenvalue weighted by Gasteiger charge is -2.19. The van der Waals surface area contributed by atoms with Crippen LogP contribution in [0.2, 0.25) is 5.02 Å². The molecule has 0 saturated carbocycles. The second-order valence-corrected chi connectivity index (χ2v) is 5.72. The van der Waals surface area contributed by atoms with Crippen LogP contribution >= 0.6 is 11.6 Å². The quantitative estimate of drug-likeness (QED) is 0.902. The Morgan fingerprint density at radius 1 is 1.42 bits per heavy atom. The van der Waals surface area contributed by atoms with Crippen LogP contribution in [-0.2, 0) is 4.74 Å². The van der Waals surface area contributed by atoms with Crippen molar-refractivity contribution < 1.29 is 9.53 Å². The minimum Gasteiger partial charge on any atom is -0.444 e. The molecule has 19 heavy (non-hydrogen) atoms. The lowest BCUT2D eigenvalue weighted by molar-refractivity contribution is 0.0534. The first-order valence-corrected chi connectivity index (χ1v) is 6.55. The summed E-state index contributed by atoms with van der Waals surface area (Å²) in [5.74, 6) is 0. The monoisotopic (exact) mass is 281 g/mol. The summed E-state index contributed by atoms with van der Waals surface area (Å²) in [4.78, 5) is 11.4. The van der Waals surface area contributed by atoms with Gasteiger partial charge in [-0.3, -0.25) is 0 Å². The molecular formula is C15H20ClNO2. The molecule has 0 heterocycles. The standard InChI is InChI=1S/C15H20ClNO2/c1-11-7-8-12(13(16)10-11)6-5-9-17-14(18)19-15(2,3)4/h5-8,10H,9H2,1-4H3,(H,17,18). The Bertz CT molecular complexity index is 476. The predicted molar refractivity (Wildman–Crippen MR) is 79.5 cm³/mol. The van der Waals surface area contributed by atoms with Crippen LogP contribution in [0, 0.1) is 6.92 Å². The second kappa shape index (κ2) is 6.62. The Morgan fingerprint density at radius 3 is 2.68 bits per heavy atom. The molecule has 0 saturated heterocycles. The van der Waals surface area contributed by atoms with E-state index in [0.29, 0.717) is 11.6 Å². The molecule has 0 aromatic heterocycles.